The van der Waals surface area contributed by atoms with Crippen LogP contribution in [-0.2, 0) is 11.3 Å². The maximum absolute atomic E-state index is 12.4. The van der Waals surface area contributed by atoms with E-state index in [1.807, 2.05) is 41.1 Å². The molecule has 0 aliphatic rings. The predicted molar refractivity (Wildman–Crippen MR) is 99.5 cm³/mol. The molecule has 0 aliphatic heterocycles. The van der Waals surface area contributed by atoms with Crippen molar-refractivity contribution in [3.8, 4) is 0 Å². The first-order valence-corrected chi connectivity index (χ1v) is 7.79. The van der Waals surface area contributed by atoms with Gasteiger partial charge in [-0.15, -0.1) is 12.4 Å². The first kappa shape index (κ1) is 18.5. The van der Waals surface area contributed by atoms with Crippen molar-refractivity contribution in [2.45, 2.75) is 19.1 Å². The zero-order valence-electron chi connectivity index (χ0n) is 13.6. The van der Waals surface area contributed by atoms with Gasteiger partial charge in [0.2, 0.25) is 0 Å². The Morgan fingerprint density at radius 2 is 1.84 bits per heavy atom. The van der Waals surface area contributed by atoms with Crippen LogP contribution in [0.15, 0.2) is 73.3 Å². The number of nitrogens with two attached hydrogens (primary N) is 1. The number of nitrogens with zero attached hydrogens (tertiary/aromatic N) is 2. The Labute approximate surface area is 152 Å². The fraction of sp³-hybridized carbons (Fsp3) is 0.158. The van der Waals surface area contributed by atoms with Gasteiger partial charge in [-0.05, 0) is 29.8 Å². The van der Waals surface area contributed by atoms with Crippen molar-refractivity contribution in [2.75, 3.05) is 5.73 Å². The molecule has 0 fully saturated rings. The molecule has 1 unspecified atom stereocenters. The van der Waals surface area contributed by atoms with Gasteiger partial charge >= 0.3 is 5.97 Å². The Hall–Kier alpha value is -2.79. The van der Waals surface area contributed by atoms with Crippen LogP contribution in [-0.4, -0.2) is 15.5 Å². The third-order valence-electron chi connectivity index (χ3n) is 3.78. The lowest BCUT2D eigenvalue weighted by Crippen LogP contribution is -2.14. The van der Waals surface area contributed by atoms with E-state index in [0.29, 0.717) is 24.2 Å². The molecular weight excluding hydrogens is 338 g/mol. The molecule has 6 heteroatoms. The lowest BCUT2D eigenvalue weighted by molar-refractivity contribution is 0.0266. The lowest BCUT2D eigenvalue weighted by Gasteiger charge is -2.19. The van der Waals surface area contributed by atoms with Crippen LogP contribution in [0.25, 0.3) is 0 Å². The van der Waals surface area contributed by atoms with Crippen molar-refractivity contribution in [1.82, 2.24) is 9.55 Å². The van der Waals surface area contributed by atoms with E-state index in [4.69, 9.17) is 10.5 Å². The number of carbonyl (C=O) groups excluding carboxylic acids is 1. The summed E-state index contributed by atoms with van der Waals surface area (Å²) in [6.07, 6.45) is 5.73. The molecule has 0 radical (unpaired) electrons. The molecule has 3 aromatic rings. The smallest absolute Gasteiger partial charge is 0.338 e. The summed E-state index contributed by atoms with van der Waals surface area (Å²) in [5.41, 5.74) is 7.74. The van der Waals surface area contributed by atoms with E-state index in [1.54, 1.807) is 36.8 Å². The lowest BCUT2D eigenvalue weighted by atomic mass is 10.1. The Morgan fingerprint density at radius 3 is 2.48 bits per heavy atom. The third-order valence-corrected chi connectivity index (χ3v) is 3.78. The number of anilines is 1. The molecule has 0 saturated heterocycles. The molecule has 25 heavy (non-hydrogen) atoms. The number of carbonyl (C=O) groups is 1. The van der Waals surface area contributed by atoms with E-state index in [1.165, 1.54) is 0 Å². The Morgan fingerprint density at radius 1 is 1.12 bits per heavy atom. The maximum Gasteiger partial charge on any atom is 0.338 e. The quantitative estimate of drug-likeness (QED) is 0.537. The number of aromatic nitrogens is 2. The monoisotopic (exact) mass is 357 g/mol. The van der Waals surface area contributed by atoms with E-state index in [-0.39, 0.29) is 24.5 Å². The Balaban J connectivity index is 0.00000225. The van der Waals surface area contributed by atoms with Gasteiger partial charge in [0.15, 0.2) is 0 Å². The van der Waals surface area contributed by atoms with E-state index >= 15 is 0 Å². The first-order chi connectivity index (χ1) is 11.7. The van der Waals surface area contributed by atoms with Crippen LogP contribution in [0.1, 0.15) is 28.4 Å². The summed E-state index contributed by atoms with van der Waals surface area (Å²) in [6, 6.07) is 16.5. The van der Waals surface area contributed by atoms with Crippen LogP contribution >= 0.6 is 12.4 Å². The highest BCUT2D eigenvalue weighted by molar-refractivity contribution is 5.89. The first-order valence-electron chi connectivity index (χ1n) is 7.79. The zero-order chi connectivity index (χ0) is 16.8. The minimum atomic E-state index is -0.352. The molecule has 0 spiro atoms. The van der Waals surface area contributed by atoms with Crippen molar-refractivity contribution in [3.63, 3.8) is 0 Å². The standard InChI is InChI=1S/C19H19N3O2.ClH/c20-17-8-6-16(7-9-17)19(23)24-18(15-4-2-1-3-5-15)10-12-22-13-11-21-14-22;/h1-9,11,13-14,18H,10,12,20H2;1H. The highest BCUT2D eigenvalue weighted by atomic mass is 35.5. The molecule has 5 nitrogen and oxygen atoms in total. The molecule has 0 amide bonds. The van der Waals surface area contributed by atoms with Crippen molar-refractivity contribution in [3.05, 3.63) is 84.4 Å². The number of benzene rings is 2. The number of nitrogen functional groups attached to an aromatic ring is 1. The van der Waals surface area contributed by atoms with Gasteiger partial charge in [-0.3, -0.25) is 0 Å². The van der Waals surface area contributed by atoms with Crippen LogP contribution in [0.4, 0.5) is 5.69 Å². The summed E-state index contributed by atoms with van der Waals surface area (Å²) in [6.45, 7) is 0.717. The minimum Gasteiger partial charge on any atom is -0.454 e. The Bertz CT molecular complexity index is 774. The van der Waals surface area contributed by atoms with E-state index in [0.717, 1.165) is 5.56 Å². The SMILES string of the molecule is Cl.Nc1ccc(C(=O)OC(CCn2ccnc2)c2ccccc2)cc1. The average Bonchev–Trinajstić information content (AvgIpc) is 3.13. The van der Waals surface area contributed by atoms with Gasteiger partial charge in [0, 0.05) is 31.0 Å². The topological polar surface area (TPSA) is 70.1 Å². The van der Waals surface area contributed by atoms with E-state index < -0.39 is 0 Å². The second-order valence-electron chi connectivity index (χ2n) is 5.52. The fourth-order valence-electron chi connectivity index (χ4n) is 2.46. The van der Waals surface area contributed by atoms with Crippen molar-refractivity contribution < 1.29 is 9.53 Å². The number of aryl methyl sites for hydroxylation is 1. The maximum atomic E-state index is 12.4. The molecule has 3 rings (SSSR count). The molecular formula is C19H20ClN3O2. The molecule has 0 saturated carbocycles. The number of ether oxygens (including phenoxy) is 1. The van der Waals surface area contributed by atoms with Gasteiger partial charge in [0.05, 0.1) is 11.9 Å². The molecule has 130 valence electrons. The molecule has 1 heterocycles. The fourth-order valence-corrected chi connectivity index (χ4v) is 2.46. The molecule has 0 bridgehead atoms. The number of imidazole rings is 1. The second-order valence-corrected chi connectivity index (χ2v) is 5.52. The van der Waals surface area contributed by atoms with Gasteiger partial charge in [0.1, 0.15) is 6.10 Å². The van der Waals surface area contributed by atoms with Crippen molar-refractivity contribution in [1.29, 1.82) is 0 Å². The van der Waals surface area contributed by atoms with Crippen LogP contribution in [0, 0.1) is 0 Å². The summed E-state index contributed by atoms with van der Waals surface area (Å²) < 4.78 is 7.71. The third kappa shape index (κ3) is 5.09. The summed E-state index contributed by atoms with van der Waals surface area (Å²) in [4.78, 5) is 16.5. The minimum absolute atomic E-state index is 0. The van der Waals surface area contributed by atoms with Gasteiger partial charge < -0.3 is 15.0 Å². The number of hydrogen-bond donors (Lipinski definition) is 1. The zero-order valence-corrected chi connectivity index (χ0v) is 14.4. The average molecular weight is 358 g/mol. The highest BCUT2D eigenvalue weighted by Crippen LogP contribution is 2.23. The number of halogens is 1. The Kier molecular flexibility index (Phi) is 6.60. The van der Waals surface area contributed by atoms with Crippen LogP contribution in [0.2, 0.25) is 0 Å². The summed E-state index contributed by atoms with van der Waals surface area (Å²) >= 11 is 0. The van der Waals surface area contributed by atoms with Crippen LogP contribution < -0.4 is 5.73 Å². The van der Waals surface area contributed by atoms with Gasteiger partial charge in [-0.25, -0.2) is 9.78 Å². The van der Waals surface area contributed by atoms with E-state index in [2.05, 4.69) is 4.98 Å². The van der Waals surface area contributed by atoms with E-state index in [9.17, 15) is 4.79 Å². The predicted octanol–water partition coefficient (Wildman–Crippen LogP) is 3.88. The van der Waals surface area contributed by atoms with Crippen LogP contribution in [0.5, 0.6) is 0 Å². The van der Waals surface area contributed by atoms with Crippen molar-refractivity contribution >= 4 is 24.1 Å². The number of hydrogen-bond acceptors (Lipinski definition) is 4. The largest absolute Gasteiger partial charge is 0.454 e. The molecule has 1 aromatic heterocycles. The van der Waals surface area contributed by atoms with Gasteiger partial charge in [-0.1, -0.05) is 30.3 Å². The second kappa shape index (κ2) is 8.89. The summed E-state index contributed by atoms with van der Waals surface area (Å²) in [7, 11) is 0. The summed E-state index contributed by atoms with van der Waals surface area (Å²) in [5, 5.41) is 0. The molecule has 1 atom stereocenters. The number of rotatable bonds is 6. The van der Waals surface area contributed by atoms with Crippen molar-refractivity contribution in [2.24, 2.45) is 0 Å². The molecule has 2 N–H and O–H groups in total. The molecule has 0 aliphatic carbocycles. The van der Waals surface area contributed by atoms with Gasteiger partial charge in [-0.2, -0.15) is 0 Å². The number of esters is 1. The highest BCUT2D eigenvalue weighted by Gasteiger charge is 2.18. The van der Waals surface area contributed by atoms with Gasteiger partial charge in [0.25, 0.3) is 0 Å². The van der Waals surface area contributed by atoms with Crippen LogP contribution in [0.3, 0.4) is 0 Å². The molecule has 2 aromatic carbocycles. The normalized spacial score (nSPS) is 11.4. The summed E-state index contributed by atoms with van der Waals surface area (Å²) in [5.74, 6) is -0.352.